The van der Waals surface area contributed by atoms with Crippen molar-refractivity contribution in [3.05, 3.63) is 35.9 Å². The van der Waals surface area contributed by atoms with Crippen LogP contribution in [-0.4, -0.2) is 27.7 Å². The van der Waals surface area contributed by atoms with Gasteiger partial charge >= 0.3 is 0 Å². The van der Waals surface area contributed by atoms with E-state index in [4.69, 9.17) is 23.7 Å². The van der Waals surface area contributed by atoms with E-state index in [0.29, 0.717) is 0 Å². The van der Waals surface area contributed by atoms with Crippen molar-refractivity contribution in [3.8, 4) is 39.9 Å². The number of hydrogen-bond donors (Lipinski definition) is 0. The highest BCUT2D eigenvalue weighted by molar-refractivity contribution is 6.08. The zero-order valence-electron chi connectivity index (χ0n) is 15.0. The fourth-order valence-electron chi connectivity index (χ4n) is 4.31. The van der Waals surface area contributed by atoms with Crippen molar-refractivity contribution in [1.82, 2.24) is 0 Å². The minimum atomic E-state index is 0.248. The Labute approximate surface area is 155 Å². The number of fused-ring (bicyclic) bond motifs is 8. The Hall–Kier alpha value is -3.28. The number of hydrogen-bond acceptors (Lipinski definition) is 6. The molecule has 0 saturated heterocycles. The van der Waals surface area contributed by atoms with E-state index in [9.17, 15) is 0 Å². The molecule has 0 aliphatic carbocycles. The molecule has 0 N–H and O–H groups in total. The highest BCUT2D eigenvalue weighted by atomic mass is 16.7. The molecule has 6 nitrogen and oxygen atoms in total. The van der Waals surface area contributed by atoms with E-state index in [-0.39, 0.29) is 13.6 Å². The van der Waals surface area contributed by atoms with Crippen LogP contribution in [0.25, 0.3) is 21.9 Å². The molecule has 0 amide bonds. The number of methoxy groups -OCH3 is 1. The summed E-state index contributed by atoms with van der Waals surface area (Å²) in [5.41, 5.74) is 4.54. The van der Waals surface area contributed by atoms with Crippen LogP contribution in [0.15, 0.2) is 30.3 Å². The highest BCUT2D eigenvalue weighted by Gasteiger charge is 2.30. The zero-order valence-corrected chi connectivity index (χ0v) is 15.0. The molecule has 0 spiro atoms. The lowest BCUT2D eigenvalue weighted by atomic mass is 9.89. The van der Waals surface area contributed by atoms with Crippen molar-refractivity contribution in [3.63, 3.8) is 0 Å². The van der Waals surface area contributed by atoms with Crippen molar-refractivity contribution < 1.29 is 23.7 Å². The summed E-state index contributed by atoms with van der Waals surface area (Å²) >= 11 is 0. The summed E-state index contributed by atoms with van der Waals surface area (Å²) in [6.45, 7) is 1.26. The maximum atomic E-state index is 5.75. The van der Waals surface area contributed by atoms with Crippen LogP contribution in [0.2, 0.25) is 0 Å². The van der Waals surface area contributed by atoms with Crippen molar-refractivity contribution in [2.45, 2.75) is 6.54 Å². The standard InChI is InChI=1S/C21H17NO5/c1-22-8-15-11(3-4-16-21(15)27-10-24-16)13-6-17(23-2)12-5-18-19(26-9-25-18)7-14(12)20(13)22/h3-7H,8-10H2,1-2H3. The van der Waals surface area contributed by atoms with Gasteiger partial charge in [-0.25, -0.2) is 0 Å². The van der Waals surface area contributed by atoms with Crippen molar-refractivity contribution in [1.29, 1.82) is 0 Å². The third-order valence-corrected chi connectivity index (χ3v) is 5.49. The first-order valence-corrected chi connectivity index (χ1v) is 8.82. The number of benzene rings is 3. The van der Waals surface area contributed by atoms with Crippen molar-refractivity contribution >= 4 is 16.5 Å². The van der Waals surface area contributed by atoms with E-state index in [1.807, 2.05) is 18.2 Å². The van der Waals surface area contributed by atoms with Gasteiger partial charge in [0.2, 0.25) is 13.6 Å². The summed E-state index contributed by atoms with van der Waals surface area (Å²) in [5, 5.41) is 2.09. The predicted octanol–water partition coefficient (Wildman–Crippen LogP) is 3.92. The second-order valence-corrected chi connectivity index (χ2v) is 6.91. The fourth-order valence-corrected chi connectivity index (χ4v) is 4.31. The largest absolute Gasteiger partial charge is 0.496 e. The average molecular weight is 363 g/mol. The molecule has 0 unspecified atom stereocenters. The third-order valence-electron chi connectivity index (χ3n) is 5.49. The normalized spacial score (nSPS) is 15.7. The fraction of sp³-hybridized carbons (Fsp3) is 0.238. The van der Waals surface area contributed by atoms with Crippen LogP contribution in [0, 0.1) is 0 Å². The molecule has 0 aromatic heterocycles. The number of rotatable bonds is 1. The van der Waals surface area contributed by atoms with Crippen molar-refractivity contribution in [2.75, 3.05) is 32.6 Å². The first-order valence-electron chi connectivity index (χ1n) is 8.82. The molecular weight excluding hydrogens is 346 g/mol. The number of nitrogens with zero attached hydrogens (tertiary/aromatic N) is 1. The minimum Gasteiger partial charge on any atom is -0.496 e. The van der Waals surface area contributed by atoms with Gasteiger partial charge in [-0.2, -0.15) is 0 Å². The van der Waals surface area contributed by atoms with Gasteiger partial charge in [0.25, 0.3) is 0 Å². The van der Waals surface area contributed by atoms with Crippen LogP contribution < -0.4 is 28.6 Å². The summed E-state index contributed by atoms with van der Waals surface area (Å²) in [5.74, 6) is 3.98. The summed E-state index contributed by atoms with van der Waals surface area (Å²) in [6.07, 6.45) is 0. The predicted molar refractivity (Wildman–Crippen MR) is 100 cm³/mol. The second kappa shape index (κ2) is 5.13. The first kappa shape index (κ1) is 14.8. The smallest absolute Gasteiger partial charge is 0.231 e. The number of anilines is 1. The summed E-state index contributed by atoms with van der Waals surface area (Å²) in [4.78, 5) is 2.24. The maximum absolute atomic E-state index is 5.75. The van der Waals surface area contributed by atoms with Crippen LogP contribution in [0.5, 0.6) is 28.7 Å². The van der Waals surface area contributed by atoms with E-state index in [0.717, 1.165) is 68.4 Å². The Morgan fingerprint density at radius 2 is 1.59 bits per heavy atom. The molecule has 27 heavy (non-hydrogen) atoms. The van der Waals surface area contributed by atoms with E-state index in [1.54, 1.807) is 7.11 Å². The van der Waals surface area contributed by atoms with Crippen LogP contribution in [0.3, 0.4) is 0 Å². The average Bonchev–Trinajstić information content (AvgIpc) is 3.34. The quantitative estimate of drug-likeness (QED) is 0.653. The van der Waals surface area contributed by atoms with E-state index >= 15 is 0 Å². The van der Waals surface area contributed by atoms with E-state index in [1.165, 1.54) is 0 Å². The van der Waals surface area contributed by atoms with Crippen LogP contribution in [0.4, 0.5) is 5.69 Å². The van der Waals surface area contributed by atoms with Gasteiger partial charge in [-0.3, -0.25) is 0 Å². The molecule has 6 heteroatoms. The molecule has 3 aromatic carbocycles. The van der Waals surface area contributed by atoms with Gasteiger partial charge in [-0.1, -0.05) is 0 Å². The van der Waals surface area contributed by atoms with E-state index in [2.05, 4.69) is 24.1 Å². The molecule has 3 aliphatic heterocycles. The number of ether oxygens (including phenoxy) is 5. The highest BCUT2D eigenvalue weighted by Crippen LogP contribution is 2.52. The van der Waals surface area contributed by atoms with Gasteiger partial charge in [0.05, 0.1) is 12.8 Å². The molecule has 0 fully saturated rings. The Balaban J connectivity index is 1.70. The van der Waals surface area contributed by atoms with Crippen LogP contribution >= 0.6 is 0 Å². The lowest BCUT2D eigenvalue weighted by Crippen LogP contribution is -2.22. The molecule has 3 aliphatic rings. The monoisotopic (exact) mass is 363 g/mol. The molecule has 3 aromatic rings. The SMILES string of the molecule is COc1cc2c(c3cc4c(cc13)OCO4)N(C)Cc1c-2ccc2c1OCO2. The Morgan fingerprint density at radius 1 is 0.852 bits per heavy atom. The summed E-state index contributed by atoms with van der Waals surface area (Å²) in [6, 6.07) is 10.2. The molecule has 0 saturated carbocycles. The summed E-state index contributed by atoms with van der Waals surface area (Å²) in [7, 11) is 3.78. The maximum Gasteiger partial charge on any atom is 0.231 e. The molecule has 3 heterocycles. The van der Waals surface area contributed by atoms with Crippen molar-refractivity contribution in [2.24, 2.45) is 0 Å². The van der Waals surface area contributed by atoms with Gasteiger partial charge in [-0.05, 0) is 35.9 Å². The Kier molecular flexibility index (Phi) is 2.82. The molecule has 6 rings (SSSR count). The molecule has 136 valence electrons. The topological polar surface area (TPSA) is 49.4 Å². The first-order chi connectivity index (χ1) is 13.2. The minimum absolute atomic E-state index is 0.248. The van der Waals surface area contributed by atoms with Gasteiger partial charge in [0.1, 0.15) is 5.75 Å². The zero-order chi connectivity index (χ0) is 18.1. The van der Waals surface area contributed by atoms with Gasteiger partial charge in [-0.15, -0.1) is 0 Å². The lowest BCUT2D eigenvalue weighted by Gasteiger charge is -2.32. The summed E-state index contributed by atoms with van der Waals surface area (Å²) < 4.78 is 28.2. The molecule has 0 atom stereocenters. The van der Waals surface area contributed by atoms with Crippen LogP contribution in [0.1, 0.15) is 5.56 Å². The van der Waals surface area contributed by atoms with Gasteiger partial charge in [0, 0.05) is 35.5 Å². The lowest BCUT2D eigenvalue weighted by molar-refractivity contribution is 0.173. The second-order valence-electron chi connectivity index (χ2n) is 6.91. The Morgan fingerprint density at radius 3 is 2.41 bits per heavy atom. The van der Waals surface area contributed by atoms with Gasteiger partial charge < -0.3 is 28.6 Å². The van der Waals surface area contributed by atoms with Gasteiger partial charge in [0.15, 0.2) is 23.0 Å². The molecule has 0 radical (unpaired) electrons. The molecular formula is C21H17NO5. The third kappa shape index (κ3) is 1.90. The van der Waals surface area contributed by atoms with Crippen LogP contribution in [-0.2, 0) is 6.54 Å². The molecule has 0 bridgehead atoms. The Bertz CT molecular complexity index is 1120. The van der Waals surface area contributed by atoms with E-state index < -0.39 is 0 Å².